The molecule has 0 spiro atoms. The molecule has 1 aliphatic heterocycles. The van der Waals surface area contributed by atoms with Crippen molar-refractivity contribution < 1.29 is 9.13 Å². The molecule has 2 aliphatic rings. The fourth-order valence-corrected chi connectivity index (χ4v) is 3.72. The molecule has 0 saturated heterocycles. The summed E-state index contributed by atoms with van der Waals surface area (Å²) in [6, 6.07) is 13.5. The molecule has 3 heteroatoms. The average molecular weight is 295 g/mol. The smallest absolute Gasteiger partial charge is 0.146 e. The number of methoxy groups -OCH3 is 1. The first kappa shape index (κ1) is 13.4. The molecule has 0 bridgehead atoms. The van der Waals surface area contributed by atoms with E-state index in [0.29, 0.717) is 17.5 Å². The van der Waals surface area contributed by atoms with Gasteiger partial charge >= 0.3 is 0 Å². The molecule has 4 rings (SSSR count). The van der Waals surface area contributed by atoms with Crippen LogP contribution in [-0.4, -0.2) is 7.11 Å². The van der Waals surface area contributed by atoms with Gasteiger partial charge in [0.05, 0.1) is 18.8 Å². The molecule has 0 aromatic heterocycles. The fraction of sp³-hybridized carbons (Fsp3) is 0.263. The van der Waals surface area contributed by atoms with Gasteiger partial charge in [-0.2, -0.15) is 0 Å². The van der Waals surface area contributed by atoms with Crippen LogP contribution in [0.1, 0.15) is 29.5 Å². The van der Waals surface area contributed by atoms with Gasteiger partial charge in [-0.15, -0.1) is 0 Å². The van der Waals surface area contributed by atoms with Gasteiger partial charge in [-0.3, -0.25) is 0 Å². The highest BCUT2D eigenvalue weighted by molar-refractivity contribution is 5.60. The van der Waals surface area contributed by atoms with Crippen LogP contribution in [0.15, 0.2) is 54.6 Å². The molecular weight excluding hydrogens is 277 g/mol. The molecule has 0 fully saturated rings. The fourth-order valence-electron chi connectivity index (χ4n) is 3.72. The minimum absolute atomic E-state index is 0.121. The van der Waals surface area contributed by atoms with Gasteiger partial charge in [-0.05, 0) is 41.7 Å². The number of para-hydroxylation sites is 1. The van der Waals surface area contributed by atoms with Crippen molar-refractivity contribution in [2.75, 3.05) is 12.4 Å². The number of ether oxygens (including phenoxy) is 1. The molecule has 3 atom stereocenters. The molecule has 2 aromatic carbocycles. The van der Waals surface area contributed by atoms with Gasteiger partial charge in [0.25, 0.3) is 0 Å². The number of rotatable bonds is 2. The van der Waals surface area contributed by atoms with E-state index in [9.17, 15) is 4.39 Å². The van der Waals surface area contributed by atoms with Crippen LogP contribution in [0.4, 0.5) is 10.1 Å². The van der Waals surface area contributed by atoms with Crippen LogP contribution in [-0.2, 0) is 0 Å². The predicted octanol–water partition coefficient (Wildman–Crippen LogP) is 4.66. The van der Waals surface area contributed by atoms with Crippen LogP contribution in [0, 0.1) is 11.7 Å². The largest absolute Gasteiger partial charge is 0.497 e. The zero-order chi connectivity index (χ0) is 15.1. The molecule has 1 aliphatic carbocycles. The van der Waals surface area contributed by atoms with Gasteiger partial charge in [0.1, 0.15) is 11.6 Å². The van der Waals surface area contributed by atoms with E-state index in [1.165, 1.54) is 11.6 Å². The standard InChI is InChI=1S/C19H18FNO/c1-22-13-10-8-12(9-11-13)18-15-5-2-4-14(15)16-6-3-7-17(20)19(16)21-18/h2-4,6-11,14-15,18,21H,5H2,1H3. The van der Waals surface area contributed by atoms with Crippen molar-refractivity contribution in [1.82, 2.24) is 0 Å². The van der Waals surface area contributed by atoms with Crippen molar-refractivity contribution in [1.29, 1.82) is 0 Å². The second-order valence-electron chi connectivity index (χ2n) is 5.95. The van der Waals surface area contributed by atoms with E-state index in [1.54, 1.807) is 13.2 Å². The van der Waals surface area contributed by atoms with Crippen LogP contribution >= 0.6 is 0 Å². The molecule has 0 radical (unpaired) electrons. The first-order valence-corrected chi connectivity index (χ1v) is 7.63. The maximum Gasteiger partial charge on any atom is 0.146 e. The number of hydrogen-bond acceptors (Lipinski definition) is 2. The lowest BCUT2D eigenvalue weighted by atomic mass is 9.77. The topological polar surface area (TPSA) is 21.3 Å². The Morgan fingerprint density at radius 2 is 1.95 bits per heavy atom. The van der Waals surface area contributed by atoms with Crippen molar-refractivity contribution in [3.8, 4) is 5.75 Å². The highest BCUT2D eigenvalue weighted by Gasteiger charge is 2.38. The van der Waals surface area contributed by atoms with Crippen molar-refractivity contribution in [2.24, 2.45) is 5.92 Å². The van der Waals surface area contributed by atoms with E-state index < -0.39 is 0 Å². The quantitative estimate of drug-likeness (QED) is 0.814. The summed E-state index contributed by atoms with van der Waals surface area (Å²) in [5.74, 6) is 1.39. The minimum Gasteiger partial charge on any atom is -0.497 e. The van der Waals surface area contributed by atoms with Gasteiger partial charge in [0, 0.05) is 5.92 Å². The van der Waals surface area contributed by atoms with Crippen LogP contribution < -0.4 is 10.1 Å². The molecule has 112 valence electrons. The summed E-state index contributed by atoms with van der Waals surface area (Å²) in [5, 5.41) is 3.43. The predicted molar refractivity (Wildman–Crippen MR) is 85.7 cm³/mol. The summed E-state index contributed by atoms with van der Waals surface area (Å²) in [7, 11) is 1.66. The lowest BCUT2D eigenvalue weighted by molar-refractivity contribution is 0.410. The van der Waals surface area contributed by atoms with E-state index in [-0.39, 0.29) is 11.9 Å². The third-order valence-corrected chi connectivity index (χ3v) is 4.82. The lowest BCUT2D eigenvalue weighted by Gasteiger charge is -2.37. The zero-order valence-corrected chi connectivity index (χ0v) is 12.4. The SMILES string of the molecule is COc1ccc(C2Nc3c(F)cccc3C3C=CCC32)cc1. The van der Waals surface area contributed by atoms with E-state index >= 15 is 0 Å². The maximum absolute atomic E-state index is 14.2. The van der Waals surface area contributed by atoms with Gasteiger partial charge in [-0.25, -0.2) is 4.39 Å². The summed E-state index contributed by atoms with van der Waals surface area (Å²) in [4.78, 5) is 0. The number of halogens is 1. The molecule has 1 heterocycles. The number of fused-ring (bicyclic) bond motifs is 3. The molecule has 0 saturated carbocycles. The molecule has 0 amide bonds. The van der Waals surface area contributed by atoms with Crippen molar-refractivity contribution in [3.63, 3.8) is 0 Å². The molecular formula is C19H18FNO. The average Bonchev–Trinajstić information content (AvgIpc) is 3.05. The second-order valence-corrected chi connectivity index (χ2v) is 5.95. The highest BCUT2D eigenvalue weighted by atomic mass is 19.1. The van der Waals surface area contributed by atoms with E-state index in [4.69, 9.17) is 4.74 Å². The van der Waals surface area contributed by atoms with E-state index in [1.807, 2.05) is 18.2 Å². The van der Waals surface area contributed by atoms with E-state index in [0.717, 1.165) is 17.7 Å². The van der Waals surface area contributed by atoms with Crippen LogP contribution in [0.5, 0.6) is 5.75 Å². The minimum atomic E-state index is -0.172. The summed E-state index contributed by atoms with van der Waals surface area (Å²) < 4.78 is 19.5. The Morgan fingerprint density at radius 3 is 2.73 bits per heavy atom. The van der Waals surface area contributed by atoms with Gasteiger partial charge < -0.3 is 10.1 Å². The van der Waals surface area contributed by atoms with Crippen molar-refractivity contribution >= 4 is 5.69 Å². The Bertz CT molecular complexity index is 723. The summed E-state index contributed by atoms with van der Waals surface area (Å²) in [5.41, 5.74) is 2.90. The lowest BCUT2D eigenvalue weighted by Crippen LogP contribution is -2.29. The van der Waals surface area contributed by atoms with Gasteiger partial charge in [0.2, 0.25) is 0 Å². The first-order chi connectivity index (χ1) is 10.8. The Kier molecular flexibility index (Phi) is 3.14. The highest BCUT2D eigenvalue weighted by Crippen LogP contribution is 2.50. The Morgan fingerprint density at radius 1 is 1.14 bits per heavy atom. The van der Waals surface area contributed by atoms with E-state index in [2.05, 4.69) is 29.6 Å². The number of hydrogen-bond donors (Lipinski definition) is 1. The first-order valence-electron chi connectivity index (χ1n) is 7.63. The van der Waals surface area contributed by atoms with Gasteiger partial charge in [-0.1, -0.05) is 36.4 Å². The number of allylic oxidation sites excluding steroid dienone is 2. The summed E-state index contributed by atoms with van der Waals surface area (Å²) >= 11 is 0. The van der Waals surface area contributed by atoms with Crippen molar-refractivity contribution in [2.45, 2.75) is 18.4 Å². The number of benzene rings is 2. The second kappa shape index (κ2) is 5.16. The molecule has 2 nitrogen and oxygen atoms in total. The molecule has 2 aromatic rings. The molecule has 3 unspecified atom stereocenters. The Balaban J connectivity index is 1.76. The normalized spacial score (nSPS) is 25.3. The third-order valence-electron chi connectivity index (χ3n) is 4.82. The molecule has 22 heavy (non-hydrogen) atoms. The Labute approximate surface area is 129 Å². The number of nitrogens with one attached hydrogen (secondary N) is 1. The zero-order valence-electron chi connectivity index (χ0n) is 12.4. The summed E-state index contributed by atoms with van der Waals surface area (Å²) in [6.45, 7) is 0. The summed E-state index contributed by atoms with van der Waals surface area (Å²) in [6.07, 6.45) is 5.46. The monoisotopic (exact) mass is 295 g/mol. The van der Waals surface area contributed by atoms with Crippen molar-refractivity contribution in [3.05, 3.63) is 71.6 Å². The van der Waals surface area contributed by atoms with Crippen LogP contribution in [0.3, 0.4) is 0 Å². The molecule has 1 N–H and O–H groups in total. The van der Waals surface area contributed by atoms with Crippen LogP contribution in [0.2, 0.25) is 0 Å². The maximum atomic E-state index is 14.2. The third kappa shape index (κ3) is 2.00. The Hall–Kier alpha value is -2.29. The number of anilines is 1. The van der Waals surface area contributed by atoms with Gasteiger partial charge in [0.15, 0.2) is 0 Å². The van der Waals surface area contributed by atoms with Crippen LogP contribution in [0.25, 0.3) is 0 Å².